The highest BCUT2D eigenvalue weighted by molar-refractivity contribution is 6.68. The van der Waals surface area contributed by atoms with Gasteiger partial charge in [0.15, 0.2) is 0 Å². The molecule has 0 saturated heterocycles. The van der Waals surface area contributed by atoms with Crippen LogP contribution < -0.4 is 10.6 Å². The third-order valence-electron chi connectivity index (χ3n) is 2.46. The van der Waals surface area contributed by atoms with Crippen molar-refractivity contribution in [2.45, 2.75) is 36.3 Å². The van der Waals surface area contributed by atoms with E-state index in [1.807, 2.05) is 37.3 Å². The minimum absolute atomic E-state index is 0.139. The molecule has 0 spiro atoms. The van der Waals surface area contributed by atoms with Crippen LogP contribution in [0.5, 0.6) is 0 Å². The normalized spacial score (nSPS) is 13.1. The molecule has 2 N–H and O–H groups in total. The maximum Gasteiger partial charge on any atom is 0.223 e. The zero-order valence-corrected chi connectivity index (χ0v) is 12.9. The Morgan fingerprint density at radius 2 is 1.89 bits per heavy atom. The van der Waals surface area contributed by atoms with Crippen molar-refractivity contribution in [1.29, 1.82) is 0 Å². The van der Waals surface area contributed by atoms with Gasteiger partial charge in [-0.2, -0.15) is 0 Å². The Kier molecular flexibility index (Phi) is 6.94. The first kappa shape index (κ1) is 16.6. The van der Waals surface area contributed by atoms with Crippen molar-refractivity contribution in [3.63, 3.8) is 0 Å². The smallest absolute Gasteiger partial charge is 0.223 e. The van der Waals surface area contributed by atoms with Gasteiger partial charge in [0, 0.05) is 13.0 Å². The van der Waals surface area contributed by atoms with Gasteiger partial charge in [0.1, 0.15) is 6.17 Å². The molecule has 0 unspecified atom stereocenters. The zero-order valence-electron chi connectivity index (χ0n) is 10.6. The summed E-state index contributed by atoms with van der Waals surface area (Å²) in [6.45, 7) is 2.42. The van der Waals surface area contributed by atoms with E-state index < -0.39 is 9.96 Å². The Morgan fingerprint density at radius 1 is 1.26 bits per heavy atom. The molecule has 19 heavy (non-hydrogen) atoms. The van der Waals surface area contributed by atoms with Crippen LogP contribution in [0.2, 0.25) is 0 Å². The summed E-state index contributed by atoms with van der Waals surface area (Å²) in [4.78, 5) is 11.6. The van der Waals surface area contributed by atoms with Crippen LogP contribution in [0.25, 0.3) is 0 Å². The van der Waals surface area contributed by atoms with Crippen molar-refractivity contribution in [1.82, 2.24) is 10.6 Å². The van der Waals surface area contributed by atoms with Gasteiger partial charge in [-0.3, -0.25) is 10.1 Å². The quantitative estimate of drug-likeness (QED) is 0.622. The maximum atomic E-state index is 11.6. The number of alkyl halides is 3. The topological polar surface area (TPSA) is 41.1 Å². The van der Waals surface area contributed by atoms with Crippen LogP contribution in [-0.4, -0.2) is 15.9 Å². The number of benzene rings is 1. The third-order valence-corrected chi connectivity index (χ3v) is 3.12. The van der Waals surface area contributed by atoms with Gasteiger partial charge in [-0.05, 0) is 12.0 Å². The Morgan fingerprint density at radius 3 is 2.42 bits per heavy atom. The highest BCUT2D eigenvalue weighted by Crippen LogP contribution is 2.29. The molecule has 1 aromatic rings. The van der Waals surface area contributed by atoms with E-state index >= 15 is 0 Å². The molecule has 6 heteroatoms. The Hall–Kier alpha value is -0.480. The lowest BCUT2D eigenvalue weighted by Crippen LogP contribution is -2.53. The molecule has 0 aliphatic heterocycles. The summed E-state index contributed by atoms with van der Waals surface area (Å²) in [5.41, 5.74) is 1.05. The number of hydrogen-bond donors (Lipinski definition) is 2. The van der Waals surface area contributed by atoms with Crippen LogP contribution in [0, 0.1) is 0 Å². The van der Waals surface area contributed by atoms with E-state index in [0.29, 0.717) is 13.0 Å². The van der Waals surface area contributed by atoms with Gasteiger partial charge in [0.25, 0.3) is 0 Å². The van der Waals surface area contributed by atoms with E-state index in [4.69, 9.17) is 34.8 Å². The number of rotatable bonds is 6. The number of halogens is 3. The second-order valence-corrected chi connectivity index (χ2v) is 6.53. The van der Waals surface area contributed by atoms with Crippen LogP contribution >= 0.6 is 34.8 Å². The molecule has 0 fully saturated rings. The molecule has 0 aliphatic rings. The first-order valence-electron chi connectivity index (χ1n) is 6.07. The number of amides is 1. The SMILES string of the molecule is CCCC(=O)N[C@H](NCc1ccccc1)C(Cl)(Cl)Cl. The standard InChI is InChI=1S/C13H17Cl3N2O/c1-2-6-11(19)18-12(13(14,15)16)17-9-10-7-4-3-5-8-10/h3-5,7-8,12,17H,2,6,9H2,1H3,(H,18,19)/t12-/m0/s1. The van der Waals surface area contributed by atoms with Crippen LogP contribution in [-0.2, 0) is 11.3 Å². The molecular formula is C13H17Cl3N2O. The van der Waals surface area contributed by atoms with Crippen molar-refractivity contribution in [3.05, 3.63) is 35.9 Å². The molecular weight excluding hydrogens is 307 g/mol. The van der Waals surface area contributed by atoms with Gasteiger partial charge >= 0.3 is 0 Å². The minimum atomic E-state index is -1.60. The molecule has 0 bridgehead atoms. The van der Waals surface area contributed by atoms with Crippen LogP contribution in [0.3, 0.4) is 0 Å². The molecule has 3 nitrogen and oxygen atoms in total. The summed E-state index contributed by atoms with van der Waals surface area (Å²) < 4.78 is -1.60. The minimum Gasteiger partial charge on any atom is -0.337 e. The average molecular weight is 324 g/mol. The fourth-order valence-electron chi connectivity index (χ4n) is 1.52. The molecule has 0 saturated carbocycles. The molecule has 0 aliphatic carbocycles. The Labute approximate surface area is 128 Å². The largest absolute Gasteiger partial charge is 0.337 e. The van der Waals surface area contributed by atoms with Crippen molar-refractivity contribution in [3.8, 4) is 0 Å². The molecule has 1 rings (SSSR count). The highest BCUT2D eigenvalue weighted by atomic mass is 35.6. The van der Waals surface area contributed by atoms with E-state index in [1.54, 1.807) is 0 Å². The van der Waals surface area contributed by atoms with E-state index in [-0.39, 0.29) is 5.91 Å². The summed E-state index contributed by atoms with van der Waals surface area (Å²) in [6, 6.07) is 9.69. The lowest BCUT2D eigenvalue weighted by molar-refractivity contribution is -0.122. The van der Waals surface area contributed by atoms with Gasteiger partial charge in [-0.1, -0.05) is 72.1 Å². The number of carbonyl (C=O) groups excluding carboxylic acids is 1. The molecule has 0 radical (unpaired) electrons. The molecule has 0 heterocycles. The van der Waals surface area contributed by atoms with Gasteiger partial charge in [-0.15, -0.1) is 0 Å². The van der Waals surface area contributed by atoms with Crippen molar-refractivity contribution in [2.75, 3.05) is 0 Å². The molecule has 1 amide bonds. The first-order chi connectivity index (χ1) is 8.93. The predicted molar refractivity (Wildman–Crippen MR) is 80.4 cm³/mol. The summed E-state index contributed by atoms with van der Waals surface area (Å²) in [7, 11) is 0. The van der Waals surface area contributed by atoms with Gasteiger partial charge < -0.3 is 5.32 Å². The summed E-state index contributed by atoms with van der Waals surface area (Å²) in [6.07, 6.45) is 0.429. The second kappa shape index (κ2) is 7.95. The van der Waals surface area contributed by atoms with Crippen molar-refractivity contribution < 1.29 is 4.79 Å². The van der Waals surface area contributed by atoms with Crippen LogP contribution in [0.4, 0.5) is 0 Å². The van der Waals surface area contributed by atoms with Crippen molar-refractivity contribution >= 4 is 40.7 Å². The van der Waals surface area contributed by atoms with Gasteiger partial charge in [-0.25, -0.2) is 0 Å². The third kappa shape index (κ3) is 6.48. The van der Waals surface area contributed by atoms with E-state index in [1.165, 1.54) is 0 Å². The number of carbonyl (C=O) groups is 1. The Balaban J connectivity index is 2.58. The van der Waals surface area contributed by atoms with Gasteiger partial charge in [0.05, 0.1) is 0 Å². The summed E-state index contributed by atoms with van der Waals surface area (Å²) in [5, 5.41) is 5.72. The van der Waals surface area contributed by atoms with Gasteiger partial charge in [0.2, 0.25) is 9.70 Å². The lowest BCUT2D eigenvalue weighted by Gasteiger charge is -2.26. The van der Waals surface area contributed by atoms with Crippen LogP contribution in [0.1, 0.15) is 25.3 Å². The lowest BCUT2D eigenvalue weighted by atomic mass is 10.2. The second-order valence-electron chi connectivity index (χ2n) is 4.16. The zero-order chi connectivity index (χ0) is 14.3. The highest BCUT2D eigenvalue weighted by Gasteiger charge is 2.33. The first-order valence-corrected chi connectivity index (χ1v) is 7.20. The molecule has 1 aromatic carbocycles. The monoisotopic (exact) mass is 322 g/mol. The predicted octanol–water partition coefficient (Wildman–Crippen LogP) is 3.39. The number of hydrogen-bond acceptors (Lipinski definition) is 2. The van der Waals surface area contributed by atoms with E-state index in [0.717, 1.165) is 12.0 Å². The molecule has 106 valence electrons. The molecule has 0 aromatic heterocycles. The molecule has 1 atom stereocenters. The van der Waals surface area contributed by atoms with E-state index in [9.17, 15) is 4.79 Å². The fraction of sp³-hybridized carbons (Fsp3) is 0.462. The summed E-state index contributed by atoms with van der Waals surface area (Å²) in [5.74, 6) is -0.139. The Bertz CT molecular complexity index is 393. The van der Waals surface area contributed by atoms with Crippen molar-refractivity contribution in [2.24, 2.45) is 0 Å². The van der Waals surface area contributed by atoms with Crippen LogP contribution in [0.15, 0.2) is 30.3 Å². The number of nitrogens with one attached hydrogen (secondary N) is 2. The summed E-state index contributed by atoms with van der Waals surface area (Å²) >= 11 is 17.6. The average Bonchev–Trinajstić information content (AvgIpc) is 2.34. The maximum absolute atomic E-state index is 11.6. The van der Waals surface area contributed by atoms with E-state index in [2.05, 4.69) is 10.6 Å². The fourth-order valence-corrected chi connectivity index (χ4v) is 1.92.